The number of fused-ring (bicyclic) bond motifs is 7. The first-order valence-corrected chi connectivity index (χ1v) is 43.1. The summed E-state index contributed by atoms with van der Waals surface area (Å²) in [5.41, 5.74) is 1.72. The molecule has 3 N–H and O–H groups in total. The van der Waals surface area contributed by atoms with Crippen LogP contribution in [-0.4, -0.2) is 48.0 Å². The minimum atomic E-state index is 0.439. The molecule has 4 nitrogen and oxygen atoms in total. The van der Waals surface area contributed by atoms with Crippen LogP contribution in [-0.2, 0) is 0 Å². The third-order valence-corrected chi connectivity index (χ3v) is 26.5. The number of nitrogens with one attached hydrogen (secondary N) is 3. The van der Waals surface area contributed by atoms with Crippen molar-refractivity contribution in [3.8, 4) is 0 Å². The van der Waals surface area contributed by atoms with Gasteiger partial charge in [-0.2, -0.15) is 0 Å². The summed E-state index contributed by atoms with van der Waals surface area (Å²) in [6.07, 6.45) is 69.2. The van der Waals surface area contributed by atoms with Crippen LogP contribution in [0.1, 0.15) is 406 Å². The molecule has 0 aliphatic carbocycles. The van der Waals surface area contributed by atoms with Gasteiger partial charge < -0.3 is 16.0 Å². The first kappa shape index (κ1) is 82.0. The Morgan fingerprint density at radius 1 is 0.293 bits per heavy atom. The predicted octanol–water partition coefficient (Wildman–Crippen LogP) is 26.5. The normalized spacial score (nSPS) is 29.0. The average molecular weight is 1280 g/mol. The molecular formula is C88H168N4. The van der Waals surface area contributed by atoms with Crippen LogP contribution in [0.4, 0.5) is 0 Å². The summed E-state index contributed by atoms with van der Waals surface area (Å²) in [7, 11) is 0. The van der Waals surface area contributed by atoms with Gasteiger partial charge in [0, 0.05) is 47.9 Å². The van der Waals surface area contributed by atoms with E-state index in [-0.39, 0.29) is 0 Å². The van der Waals surface area contributed by atoms with Crippen LogP contribution in [0.2, 0.25) is 0 Å². The van der Waals surface area contributed by atoms with E-state index in [0.717, 1.165) is 71.0 Å². The van der Waals surface area contributed by atoms with Gasteiger partial charge in [-0.15, -0.1) is 0 Å². The van der Waals surface area contributed by atoms with E-state index in [0.29, 0.717) is 66.0 Å². The molecule has 23 atom stereocenters. The maximum Gasteiger partial charge on any atom is 0.0548 e. The molecule has 2 saturated heterocycles. The smallest absolute Gasteiger partial charge is 0.0548 e. The van der Waals surface area contributed by atoms with E-state index in [1.807, 2.05) is 0 Å². The highest BCUT2D eigenvalue weighted by molar-refractivity contribution is 5.89. The molecule has 0 aromatic carbocycles. The highest BCUT2D eigenvalue weighted by Gasteiger charge is 2.50. The summed E-state index contributed by atoms with van der Waals surface area (Å²) >= 11 is 0. The molecule has 2 fully saturated rings. The molecular weight excluding hydrogens is 1110 g/mol. The summed E-state index contributed by atoms with van der Waals surface area (Å²) in [6.45, 7) is 40.0. The minimum absolute atomic E-state index is 0.439. The zero-order chi connectivity index (χ0) is 66.6. The summed E-state index contributed by atoms with van der Waals surface area (Å²) in [4.78, 5) is 6.59. The van der Waals surface area contributed by atoms with Gasteiger partial charge in [-0.3, -0.25) is 4.99 Å². The Balaban J connectivity index is 1.73. The average Bonchev–Trinajstić information content (AvgIpc) is 1.63. The van der Waals surface area contributed by atoms with Gasteiger partial charge in [0.2, 0.25) is 0 Å². The zero-order valence-corrected chi connectivity index (χ0v) is 65.4. The molecule has 8 bridgehead atoms. The van der Waals surface area contributed by atoms with Crippen LogP contribution < -0.4 is 16.0 Å². The lowest BCUT2D eigenvalue weighted by atomic mass is 9.73. The highest BCUT2D eigenvalue weighted by Crippen LogP contribution is 2.48. The molecule has 23 unspecified atom stereocenters. The van der Waals surface area contributed by atoms with E-state index in [2.05, 4.69) is 123 Å². The van der Waals surface area contributed by atoms with E-state index in [1.165, 1.54) is 295 Å². The van der Waals surface area contributed by atoms with Crippen LogP contribution in [0.15, 0.2) is 17.1 Å². The molecule has 0 spiro atoms. The van der Waals surface area contributed by atoms with Gasteiger partial charge in [0.1, 0.15) is 0 Å². The van der Waals surface area contributed by atoms with Crippen molar-refractivity contribution in [1.29, 1.82) is 0 Å². The Bertz CT molecular complexity index is 1860. The molecule has 0 aromatic rings. The van der Waals surface area contributed by atoms with Crippen molar-refractivity contribution in [2.75, 3.05) is 0 Å². The lowest BCUT2D eigenvalue weighted by Crippen LogP contribution is -2.55. The number of rotatable bonds is 52. The topological polar surface area (TPSA) is 48.5 Å². The summed E-state index contributed by atoms with van der Waals surface area (Å²) in [5.74, 6) is 12.1. The Kier molecular flexibility index (Phi) is 42.2. The van der Waals surface area contributed by atoms with Crippen LogP contribution in [0.5, 0.6) is 0 Å². The summed E-state index contributed by atoms with van der Waals surface area (Å²) < 4.78 is 0. The van der Waals surface area contributed by atoms with E-state index < -0.39 is 0 Å². The molecule has 540 valence electrons. The van der Waals surface area contributed by atoms with E-state index in [9.17, 15) is 0 Å². The lowest BCUT2D eigenvalue weighted by Gasteiger charge is -2.42. The summed E-state index contributed by atoms with van der Waals surface area (Å²) in [5, 5.41) is 14.7. The maximum atomic E-state index is 6.59. The fraction of sp³-hybridized carbons (Fsp3) is 0.966. The molecule has 0 saturated carbocycles. The zero-order valence-electron chi connectivity index (χ0n) is 65.4. The Hall–Kier alpha value is -0.710. The molecule has 92 heavy (non-hydrogen) atoms. The fourth-order valence-electron chi connectivity index (χ4n) is 21.3. The van der Waals surface area contributed by atoms with Crippen LogP contribution in [0, 0.1) is 94.7 Å². The third-order valence-electron chi connectivity index (χ3n) is 26.5. The van der Waals surface area contributed by atoms with Crippen molar-refractivity contribution in [3.63, 3.8) is 0 Å². The van der Waals surface area contributed by atoms with Crippen LogP contribution in [0.3, 0.4) is 0 Å². The largest absolute Gasteiger partial charge is 0.311 e. The van der Waals surface area contributed by atoms with Crippen molar-refractivity contribution < 1.29 is 0 Å². The predicted molar refractivity (Wildman–Crippen MR) is 412 cm³/mol. The second kappa shape index (κ2) is 47.4. The third kappa shape index (κ3) is 28.9. The van der Waals surface area contributed by atoms with Crippen LogP contribution in [0.25, 0.3) is 0 Å². The first-order chi connectivity index (χ1) is 44.6. The van der Waals surface area contributed by atoms with E-state index >= 15 is 0 Å². The SMILES string of the molecule is CCCC(C)CCCCC(CCC(C)CCC)C1C2=NC(CC2)C(C(CCCCC(C)CCC)CCC(C)CCC)C2CCC(N2)C(C(CCCCC(C)CCC)CCC(C)CCC)C2C=CC(N2)C(C(CCCCC(C)CCC)CCC(C)CCC)C2CCC1N2. The number of nitrogens with zero attached hydrogens (tertiary/aromatic N) is 1. The van der Waals surface area contributed by atoms with Crippen molar-refractivity contribution in [1.82, 2.24) is 16.0 Å². The monoisotopic (exact) mass is 1280 g/mol. The molecule has 0 amide bonds. The Morgan fingerprint density at radius 2 is 0.565 bits per heavy atom. The molecule has 4 heteroatoms. The Morgan fingerprint density at radius 3 is 0.913 bits per heavy atom. The van der Waals surface area contributed by atoms with Gasteiger partial charge in [0.15, 0.2) is 0 Å². The number of hydrogen-bond acceptors (Lipinski definition) is 4. The molecule has 5 heterocycles. The number of aliphatic imine (C=N–C) groups is 1. The van der Waals surface area contributed by atoms with E-state index in [4.69, 9.17) is 20.9 Å². The second-order valence-corrected chi connectivity index (χ2v) is 35.1. The van der Waals surface area contributed by atoms with Gasteiger partial charge in [-0.25, -0.2) is 0 Å². The number of unbranched alkanes of at least 4 members (excludes halogenated alkanes) is 4. The van der Waals surface area contributed by atoms with Crippen molar-refractivity contribution in [3.05, 3.63) is 12.2 Å². The quantitative estimate of drug-likeness (QED) is 0.0420. The fourth-order valence-corrected chi connectivity index (χ4v) is 21.3. The standard InChI is InChI=1S/C88H168N4/c1-17-33-65(9)41-25-29-45-73(53-49-69(13)37-21-5)85-77-57-59-79(89-77)86(74(54-50-70(14)38-22-6)46-30-26-42-66(10)34-18-2)81-61-63-83(91-81)88(76(56-52-72(16)40-24-8)48-32-28-44-68(12)36-20-4)84-64-62-82(92-84)87(80-60-58-78(85)90-80)75(55-51-71(15)39-23-7)47-31-27-43-67(11)35-19-3/h57,59,65-83,85-91H,17-56,58,60-64H2,1-16H3. The van der Waals surface area contributed by atoms with Gasteiger partial charge in [-0.1, -0.05) is 348 Å². The molecule has 5 aliphatic heterocycles. The maximum absolute atomic E-state index is 6.59. The van der Waals surface area contributed by atoms with Gasteiger partial charge in [0.05, 0.1) is 6.04 Å². The molecule has 0 radical (unpaired) electrons. The highest BCUT2D eigenvalue weighted by atomic mass is 15.1. The first-order valence-electron chi connectivity index (χ1n) is 43.1. The minimum Gasteiger partial charge on any atom is -0.311 e. The van der Waals surface area contributed by atoms with Crippen molar-refractivity contribution in [2.24, 2.45) is 99.7 Å². The van der Waals surface area contributed by atoms with Gasteiger partial charge >= 0.3 is 0 Å². The number of hydrogen-bond donors (Lipinski definition) is 3. The Labute approximate surface area is 578 Å². The van der Waals surface area contributed by atoms with Crippen molar-refractivity contribution in [2.45, 2.75) is 448 Å². The van der Waals surface area contributed by atoms with Crippen molar-refractivity contribution >= 4 is 5.71 Å². The summed E-state index contributed by atoms with van der Waals surface area (Å²) in [6, 6.07) is 3.56. The van der Waals surface area contributed by atoms with Gasteiger partial charge in [0.25, 0.3) is 0 Å². The van der Waals surface area contributed by atoms with E-state index in [1.54, 1.807) is 5.71 Å². The van der Waals surface area contributed by atoms with Crippen LogP contribution >= 0.6 is 0 Å². The molecule has 5 rings (SSSR count). The molecule has 0 aromatic heterocycles. The second-order valence-electron chi connectivity index (χ2n) is 35.1. The lowest BCUT2D eigenvalue weighted by molar-refractivity contribution is 0.141. The molecule has 5 aliphatic rings. The van der Waals surface area contributed by atoms with Gasteiger partial charge in [-0.05, 0) is 159 Å².